The molecule has 8 heteroatoms. The van der Waals surface area contributed by atoms with Crippen molar-refractivity contribution in [3.8, 4) is 5.75 Å². The molecule has 1 unspecified atom stereocenters. The van der Waals surface area contributed by atoms with Crippen LogP contribution in [0.5, 0.6) is 5.75 Å². The number of carbonyl (C=O) groups excluding carboxylic acids is 1. The smallest absolute Gasteiger partial charge is 0.224 e. The van der Waals surface area contributed by atoms with Crippen LogP contribution in [0.2, 0.25) is 0 Å². The van der Waals surface area contributed by atoms with Gasteiger partial charge in [0.05, 0.1) is 13.2 Å². The second-order valence-electron chi connectivity index (χ2n) is 6.20. The normalized spacial score (nSPS) is 21.5. The molecule has 2 fully saturated rings. The third-order valence-corrected chi connectivity index (χ3v) is 4.40. The van der Waals surface area contributed by atoms with Gasteiger partial charge in [-0.05, 0) is 12.1 Å². The maximum Gasteiger partial charge on any atom is 0.224 e. The molecule has 0 aromatic heterocycles. The maximum atomic E-state index is 13.6. The molecule has 2 aliphatic rings. The minimum Gasteiger partial charge on any atom is -0.487 e. The molecule has 2 saturated heterocycles. The Morgan fingerprint density at radius 2 is 2.08 bits per heavy atom. The lowest BCUT2D eigenvalue weighted by Crippen LogP contribution is -2.47. The fraction of sp³-hybridized carbons (Fsp3) is 0.588. The van der Waals surface area contributed by atoms with E-state index in [1.807, 2.05) is 4.90 Å². The highest BCUT2D eigenvalue weighted by Gasteiger charge is 2.26. The Labute approximate surface area is 152 Å². The molecular weight excluding hydrogens is 354 g/mol. The highest BCUT2D eigenvalue weighted by Crippen LogP contribution is 2.23. The van der Waals surface area contributed by atoms with Gasteiger partial charge in [-0.1, -0.05) is 0 Å². The number of morpholine rings is 1. The predicted octanol–water partition coefficient (Wildman–Crippen LogP) is 2.13. The van der Waals surface area contributed by atoms with Crippen molar-refractivity contribution in [3.63, 3.8) is 0 Å². The summed E-state index contributed by atoms with van der Waals surface area (Å²) in [6, 6.07) is 3.37. The molecule has 0 bridgehead atoms. The van der Waals surface area contributed by atoms with E-state index >= 15 is 0 Å². The van der Waals surface area contributed by atoms with E-state index in [2.05, 4.69) is 5.32 Å². The standard InChI is InChI=1S/C17H22F2N2O3.ClH/c18-12-1-2-16(15(19)9-12)24-14-3-6-21(7-4-14)17(22)10-13-11-23-8-5-20-13;/h1-2,9,13-14,20H,3-8,10-11H2;1H. The second-order valence-corrected chi connectivity index (χ2v) is 6.20. The lowest BCUT2D eigenvalue weighted by molar-refractivity contribution is -0.134. The first-order valence-corrected chi connectivity index (χ1v) is 8.32. The molecule has 1 amide bonds. The van der Waals surface area contributed by atoms with Crippen molar-refractivity contribution in [2.45, 2.75) is 31.4 Å². The van der Waals surface area contributed by atoms with Crippen LogP contribution in [-0.2, 0) is 9.53 Å². The van der Waals surface area contributed by atoms with Gasteiger partial charge in [-0.2, -0.15) is 0 Å². The first kappa shape index (κ1) is 19.9. The van der Waals surface area contributed by atoms with Gasteiger partial charge < -0.3 is 19.7 Å². The van der Waals surface area contributed by atoms with Crippen molar-refractivity contribution < 1.29 is 23.0 Å². The molecule has 1 aromatic carbocycles. The number of hydrogen-bond acceptors (Lipinski definition) is 4. The SMILES string of the molecule is Cl.O=C(CC1COCCN1)N1CCC(Oc2ccc(F)cc2F)CC1. The molecule has 140 valence electrons. The summed E-state index contributed by atoms with van der Waals surface area (Å²) in [7, 11) is 0. The van der Waals surface area contributed by atoms with E-state index in [0.717, 1.165) is 12.6 Å². The number of ether oxygens (including phenoxy) is 2. The Morgan fingerprint density at radius 3 is 2.72 bits per heavy atom. The average molecular weight is 377 g/mol. The van der Waals surface area contributed by atoms with Gasteiger partial charge in [0.25, 0.3) is 0 Å². The summed E-state index contributed by atoms with van der Waals surface area (Å²) in [5.74, 6) is -1.16. The topological polar surface area (TPSA) is 50.8 Å². The number of rotatable bonds is 4. The number of carbonyl (C=O) groups is 1. The molecule has 0 spiro atoms. The highest BCUT2D eigenvalue weighted by atomic mass is 35.5. The lowest BCUT2D eigenvalue weighted by atomic mass is 10.1. The van der Waals surface area contributed by atoms with E-state index in [0.29, 0.717) is 45.6 Å². The van der Waals surface area contributed by atoms with E-state index in [1.165, 1.54) is 12.1 Å². The number of halogens is 3. The van der Waals surface area contributed by atoms with Crippen LogP contribution in [0.25, 0.3) is 0 Å². The molecule has 1 aromatic rings. The van der Waals surface area contributed by atoms with Crippen LogP contribution >= 0.6 is 12.4 Å². The molecule has 1 atom stereocenters. The van der Waals surface area contributed by atoms with Crippen LogP contribution in [0, 0.1) is 11.6 Å². The molecule has 0 radical (unpaired) electrons. The van der Waals surface area contributed by atoms with Crippen LogP contribution < -0.4 is 10.1 Å². The van der Waals surface area contributed by atoms with E-state index < -0.39 is 11.6 Å². The summed E-state index contributed by atoms with van der Waals surface area (Å²) in [6.45, 7) is 3.19. The van der Waals surface area contributed by atoms with Crippen LogP contribution in [0.15, 0.2) is 18.2 Å². The van der Waals surface area contributed by atoms with Gasteiger partial charge in [0.1, 0.15) is 11.9 Å². The minimum absolute atomic E-state index is 0. The summed E-state index contributed by atoms with van der Waals surface area (Å²) in [4.78, 5) is 14.1. The van der Waals surface area contributed by atoms with Gasteiger partial charge in [0, 0.05) is 51.0 Å². The van der Waals surface area contributed by atoms with Gasteiger partial charge in [-0.25, -0.2) is 8.78 Å². The number of nitrogens with zero attached hydrogens (tertiary/aromatic N) is 1. The van der Waals surface area contributed by atoms with Crippen molar-refractivity contribution >= 4 is 18.3 Å². The number of nitrogens with one attached hydrogen (secondary N) is 1. The summed E-state index contributed by atoms with van der Waals surface area (Å²) in [6.07, 6.45) is 1.54. The molecular formula is C17H23ClF2N2O3. The van der Waals surface area contributed by atoms with Crippen LogP contribution in [-0.4, -0.2) is 55.8 Å². The monoisotopic (exact) mass is 376 g/mol. The fourth-order valence-corrected chi connectivity index (χ4v) is 3.06. The lowest BCUT2D eigenvalue weighted by Gasteiger charge is -2.33. The molecule has 1 N–H and O–H groups in total. The van der Waals surface area contributed by atoms with Gasteiger partial charge in [-0.15, -0.1) is 12.4 Å². The zero-order valence-corrected chi connectivity index (χ0v) is 14.7. The van der Waals surface area contributed by atoms with Crippen LogP contribution in [0.3, 0.4) is 0 Å². The van der Waals surface area contributed by atoms with E-state index in [9.17, 15) is 13.6 Å². The number of amides is 1. The minimum atomic E-state index is -0.697. The summed E-state index contributed by atoms with van der Waals surface area (Å²) in [5.41, 5.74) is 0. The van der Waals surface area contributed by atoms with Gasteiger partial charge in [-0.3, -0.25) is 4.79 Å². The molecule has 3 rings (SSSR count). The average Bonchev–Trinajstić information content (AvgIpc) is 2.59. The molecule has 2 heterocycles. The van der Waals surface area contributed by atoms with E-state index in [-0.39, 0.29) is 36.2 Å². The Kier molecular flexibility index (Phi) is 7.40. The largest absolute Gasteiger partial charge is 0.487 e. The van der Waals surface area contributed by atoms with Gasteiger partial charge in [0.15, 0.2) is 11.6 Å². The fourth-order valence-electron chi connectivity index (χ4n) is 3.06. The summed E-state index contributed by atoms with van der Waals surface area (Å²) < 4.78 is 37.5. The summed E-state index contributed by atoms with van der Waals surface area (Å²) in [5, 5.41) is 3.27. The molecule has 2 aliphatic heterocycles. The zero-order valence-electron chi connectivity index (χ0n) is 13.9. The molecule has 0 saturated carbocycles. The summed E-state index contributed by atoms with van der Waals surface area (Å²) >= 11 is 0. The van der Waals surface area contributed by atoms with Crippen molar-refractivity contribution in [1.82, 2.24) is 10.2 Å². The van der Waals surface area contributed by atoms with E-state index in [1.54, 1.807) is 0 Å². The molecule has 25 heavy (non-hydrogen) atoms. The predicted molar refractivity (Wildman–Crippen MR) is 91.1 cm³/mol. The Hall–Kier alpha value is -1.44. The first-order chi connectivity index (χ1) is 11.6. The number of piperidine rings is 1. The number of likely N-dealkylation sites (tertiary alicyclic amines) is 1. The molecule has 5 nitrogen and oxygen atoms in total. The first-order valence-electron chi connectivity index (χ1n) is 8.32. The van der Waals surface area contributed by atoms with Crippen LogP contribution in [0.4, 0.5) is 8.78 Å². The Morgan fingerprint density at radius 1 is 1.32 bits per heavy atom. The zero-order chi connectivity index (χ0) is 16.9. The second kappa shape index (κ2) is 9.31. The van der Waals surface area contributed by atoms with Gasteiger partial charge in [0.2, 0.25) is 5.91 Å². The highest BCUT2D eigenvalue weighted by molar-refractivity contribution is 5.85. The Balaban J connectivity index is 0.00000225. The van der Waals surface area contributed by atoms with Crippen molar-refractivity contribution in [2.24, 2.45) is 0 Å². The van der Waals surface area contributed by atoms with Crippen molar-refractivity contribution in [2.75, 3.05) is 32.8 Å². The maximum absolute atomic E-state index is 13.6. The quantitative estimate of drug-likeness (QED) is 0.874. The van der Waals surface area contributed by atoms with Gasteiger partial charge >= 0.3 is 0 Å². The van der Waals surface area contributed by atoms with Crippen LogP contribution in [0.1, 0.15) is 19.3 Å². The number of benzene rings is 1. The van der Waals surface area contributed by atoms with Crippen molar-refractivity contribution in [1.29, 1.82) is 0 Å². The van der Waals surface area contributed by atoms with E-state index in [4.69, 9.17) is 9.47 Å². The molecule has 0 aliphatic carbocycles. The van der Waals surface area contributed by atoms with Crippen molar-refractivity contribution in [3.05, 3.63) is 29.8 Å². The number of hydrogen-bond donors (Lipinski definition) is 1. The Bertz CT molecular complexity index is 577. The third-order valence-electron chi connectivity index (χ3n) is 4.40. The third kappa shape index (κ3) is 5.52.